The Morgan fingerprint density at radius 2 is 1.95 bits per heavy atom. The second-order valence-corrected chi connectivity index (χ2v) is 6.53. The summed E-state index contributed by atoms with van der Waals surface area (Å²) in [7, 11) is 1.93. The average Bonchev–Trinajstić information content (AvgIpc) is 2.90. The van der Waals surface area contributed by atoms with Gasteiger partial charge in [-0.2, -0.15) is 0 Å². The van der Waals surface area contributed by atoms with Crippen LogP contribution in [0.5, 0.6) is 0 Å². The first-order chi connectivity index (χ1) is 10.2. The Hall–Kier alpha value is -1.36. The minimum Gasteiger partial charge on any atom is -0.373 e. The van der Waals surface area contributed by atoms with E-state index in [9.17, 15) is 0 Å². The van der Waals surface area contributed by atoms with Crippen molar-refractivity contribution < 1.29 is 0 Å². The van der Waals surface area contributed by atoms with E-state index in [-0.39, 0.29) is 0 Å². The summed E-state index contributed by atoms with van der Waals surface area (Å²) in [5, 5.41) is 6.93. The van der Waals surface area contributed by atoms with Gasteiger partial charge in [-0.05, 0) is 31.7 Å². The van der Waals surface area contributed by atoms with Crippen molar-refractivity contribution >= 4 is 11.6 Å². The largest absolute Gasteiger partial charge is 0.373 e. The molecular formula is C16H27N5. The van der Waals surface area contributed by atoms with Crippen LogP contribution in [0.3, 0.4) is 0 Å². The number of hydrogen-bond donors (Lipinski definition) is 2. The molecule has 0 saturated carbocycles. The van der Waals surface area contributed by atoms with Crippen LogP contribution in [0, 0.1) is 0 Å². The molecule has 0 aromatic carbocycles. The maximum absolute atomic E-state index is 4.53. The summed E-state index contributed by atoms with van der Waals surface area (Å²) in [6, 6.07) is 1.22. The Morgan fingerprint density at radius 3 is 2.71 bits per heavy atom. The Morgan fingerprint density at radius 1 is 1.14 bits per heavy atom. The van der Waals surface area contributed by atoms with Gasteiger partial charge < -0.3 is 10.6 Å². The van der Waals surface area contributed by atoms with Crippen LogP contribution < -0.4 is 10.6 Å². The van der Waals surface area contributed by atoms with Crippen LogP contribution in [0.2, 0.25) is 0 Å². The molecule has 0 radical (unpaired) electrons. The van der Waals surface area contributed by atoms with Gasteiger partial charge in [0.05, 0.1) is 0 Å². The number of fused-ring (bicyclic) bond motifs is 1. The van der Waals surface area contributed by atoms with E-state index in [0.29, 0.717) is 18.0 Å². The molecule has 5 nitrogen and oxygen atoms in total. The zero-order chi connectivity index (χ0) is 14.8. The van der Waals surface area contributed by atoms with E-state index in [4.69, 9.17) is 0 Å². The molecule has 2 aliphatic rings. The van der Waals surface area contributed by atoms with Gasteiger partial charge in [-0.1, -0.05) is 20.3 Å². The highest BCUT2D eigenvalue weighted by Gasteiger charge is 2.36. The first kappa shape index (κ1) is 14.6. The maximum atomic E-state index is 4.53. The number of anilines is 2. The van der Waals surface area contributed by atoms with Gasteiger partial charge in [0.15, 0.2) is 0 Å². The summed E-state index contributed by atoms with van der Waals surface area (Å²) in [5.74, 6) is 2.36. The standard InChI is InChI=1S/C16H27N5/c1-11(2)14-15(17-3)18-10-19-16(14)20-12-7-9-21-8-5-4-6-13(12)21/h10-13H,4-9H2,1-3H3,(H2,17,18,19,20). The van der Waals surface area contributed by atoms with Crippen molar-refractivity contribution in [2.45, 2.75) is 57.5 Å². The van der Waals surface area contributed by atoms with Crippen LogP contribution in [-0.4, -0.2) is 47.1 Å². The van der Waals surface area contributed by atoms with E-state index >= 15 is 0 Å². The molecule has 2 N–H and O–H groups in total. The van der Waals surface area contributed by atoms with Gasteiger partial charge in [0, 0.05) is 31.2 Å². The molecule has 3 heterocycles. The quantitative estimate of drug-likeness (QED) is 0.892. The van der Waals surface area contributed by atoms with Crippen molar-refractivity contribution in [1.29, 1.82) is 0 Å². The van der Waals surface area contributed by atoms with Crippen molar-refractivity contribution in [3.63, 3.8) is 0 Å². The molecule has 116 valence electrons. The van der Waals surface area contributed by atoms with Gasteiger partial charge >= 0.3 is 0 Å². The van der Waals surface area contributed by atoms with Crippen LogP contribution in [0.25, 0.3) is 0 Å². The predicted molar refractivity (Wildman–Crippen MR) is 86.9 cm³/mol. The van der Waals surface area contributed by atoms with Crippen molar-refractivity contribution in [1.82, 2.24) is 14.9 Å². The monoisotopic (exact) mass is 289 g/mol. The topological polar surface area (TPSA) is 53.1 Å². The molecule has 2 aliphatic heterocycles. The summed E-state index contributed by atoms with van der Waals surface area (Å²) in [5.41, 5.74) is 1.20. The number of rotatable bonds is 4. The van der Waals surface area contributed by atoms with Crippen molar-refractivity contribution in [2.24, 2.45) is 0 Å². The molecule has 5 heteroatoms. The first-order valence-corrected chi connectivity index (χ1v) is 8.24. The third-order valence-electron chi connectivity index (χ3n) is 4.88. The fourth-order valence-electron chi connectivity index (χ4n) is 3.85. The summed E-state index contributed by atoms with van der Waals surface area (Å²) < 4.78 is 0. The van der Waals surface area contributed by atoms with E-state index in [0.717, 1.165) is 11.6 Å². The third-order valence-corrected chi connectivity index (χ3v) is 4.88. The SMILES string of the molecule is CNc1ncnc(NC2CCN3CCCCC23)c1C(C)C. The highest BCUT2D eigenvalue weighted by molar-refractivity contribution is 5.59. The number of nitrogens with zero attached hydrogens (tertiary/aromatic N) is 3. The highest BCUT2D eigenvalue weighted by atomic mass is 15.2. The average molecular weight is 289 g/mol. The minimum atomic E-state index is 0.403. The lowest BCUT2D eigenvalue weighted by molar-refractivity contribution is 0.192. The first-order valence-electron chi connectivity index (χ1n) is 8.24. The van der Waals surface area contributed by atoms with E-state index in [1.54, 1.807) is 6.33 Å². The molecule has 1 aromatic heterocycles. The van der Waals surface area contributed by atoms with Crippen LogP contribution in [-0.2, 0) is 0 Å². The maximum Gasteiger partial charge on any atom is 0.135 e. The van der Waals surface area contributed by atoms with Crippen LogP contribution >= 0.6 is 0 Å². The number of aromatic nitrogens is 2. The fourth-order valence-corrected chi connectivity index (χ4v) is 3.85. The predicted octanol–water partition coefficient (Wildman–Crippen LogP) is 2.68. The summed E-state index contributed by atoms with van der Waals surface area (Å²) in [4.78, 5) is 11.5. The van der Waals surface area contributed by atoms with Crippen LogP contribution in [0.1, 0.15) is 51.0 Å². The molecule has 2 atom stereocenters. The molecule has 0 amide bonds. The summed E-state index contributed by atoms with van der Waals surface area (Å²) in [6.45, 7) is 6.90. The molecule has 0 spiro atoms. The Kier molecular flexibility index (Phi) is 4.29. The van der Waals surface area contributed by atoms with Gasteiger partial charge in [-0.15, -0.1) is 0 Å². The van der Waals surface area contributed by atoms with Crippen LogP contribution in [0.15, 0.2) is 6.33 Å². The second-order valence-electron chi connectivity index (χ2n) is 6.53. The zero-order valence-electron chi connectivity index (χ0n) is 13.4. The molecule has 3 rings (SSSR count). The molecule has 2 unspecified atom stereocenters. The van der Waals surface area contributed by atoms with E-state index in [1.165, 1.54) is 44.3 Å². The molecule has 2 fully saturated rings. The number of piperidine rings is 1. The van der Waals surface area contributed by atoms with Crippen molar-refractivity contribution in [2.75, 3.05) is 30.8 Å². The van der Waals surface area contributed by atoms with Crippen molar-refractivity contribution in [3.8, 4) is 0 Å². The van der Waals surface area contributed by atoms with Gasteiger partial charge in [0.1, 0.15) is 18.0 Å². The fraction of sp³-hybridized carbons (Fsp3) is 0.750. The van der Waals surface area contributed by atoms with E-state index < -0.39 is 0 Å². The lowest BCUT2D eigenvalue weighted by atomic mass is 9.98. The Balaban J connectivity index is 1.81. The lowest BCUT2D eigenvalue weighted by Crippen LogP contribution is -2.42. The zero-order valence-corrected chi connectivity index (χ0v) is 13.4. The third kappa shape index (κ3) is 2.84. The molecule has 0 bridgehead atoms. The number of hydrogen-bond acceptors (Lipinski definition) is 5. The highest BCUT2D eigenvalue weighted by Crippen LogP contribution is 2.33. The lowest BCUT2D eigenvalue weighted by Gasteiger charge is -2.33. The second kappa shape index (κ2) is 6.18. The molecular weight excluding hydrogens is 262 g/mol. The van der Waals surface area contributed by atoms with Gasteiger partial charge in [0.2, 0.25) is 0 Å². The van der Waals surface area contributed by atoms with Gasteiger partial charge in [-0.25, -0.2) is 9.97 Å². The van der Waals surface area contributed by atoms with Gasteiger partial charge in [0.25, 0.3) is 0 Å². The van der Waals surface area contributed by atoms with E-state index in [1.807, 2.05) is 7.05 Å². The summed E-state index contributed by atoms with van der Waals surface area (Å²) >= 11 is 0. The minimum absolute atomic E-state index is 0.403. The molecule has 1 aromatic rings. The smallest absolute Gasteiger partial charge is 0.135 e. The summed E-state index contributed by atoms with van der Waals surface area (Å²) in [6.07, 6.45) is 6.92. The van der Waals surface area contributed by atoms with Gasteiger partial charge in [-0.3, -0.25) is 4.90 Å². The Labute approximate surface area is 127 Å². The van der Waals surface area contributed by atoms with E-state index in [2.05, 4.69) is 39.3 Å². The van der Waals surface area contributed by atoms with Crippen molar-refractivity contribution in [3.05, 3.63) is 11.9 Å². The molecule has 2 saturated heterocycles. The number of nitrogens with one attached hydrogen (secondary N) is 2. The van der Waals surface area contributed by atoms with Crippen LogP contribution in [0.4, 0.5) is 11.6 Å². The molecule has 21 heavy (non-hydrogen) atoms. The Bertz CT molecular complexity index is 488. The molecule has 0 aliphatic carbocycles. The normalized spacial score (nSPS) is 25.9.